The molecule has 0 aliphatic carbocycles. The molecule has 0 saturated heterocycles. The molecule has 2 heteroatoms. The summed E-state index contributed by atoms with van der Waals surface area (Å²) in [5.41, 5.74) is 6.62. The Bertz CT molecular complexity index is 347. The third-order valence-corrected chi connectivity index (χ3v) is 1.67. The summed E-state index contributed by atoms with van der Waals surface area (Å²) in [5, 5.41) is 0. The first-order valence-corrected chi connectivity index (χ1v) is 4.19. The fourth-order valence-electron chi connectivity index (χ4n) is 0.907. The van der Waals surface area contributed by atoms with E-state index in [1.165, 1.54) is 6.07 Å². The van der Waals surface area contributed by atoms with E-state index < -0.39 is 0 Å². The van der Waals surface area contributed by atoms with E-state index in [9.17, 15) is 4.39 Å². The predicted octanol–water partition coefficient (Wildman–Crippen LogP) is 1.83. The second-order valence-corrected chi connectivity index (χ2v) is 2.80. The number of hydrogen-bond acceptors (Lipinski definition) is 1. The Morgan fingerprint density at radius 2 is 2.23 bits per heavy atom. The molecule has 0 amide bonds. The smallest absolute Gasteiger partial charge is 0.127 e. The summed E-state index contributed by atoms with van der Waals surface area (Å²) in [5.74, 6) is 5.49. The number of rotatable bonds is 1. The third-order valence-electron chi connectivity index (χ3n) is 1.67. The molecule has 0 aliphatic heterocycles. The highest BCUT2D eigenvalue weighted by molar-refractivity contribution is 5.36. The van der Waals surface area contributed by atoms with Crippen LogP contribution in [-0.2, 0) is 0 Å². The van der Waals surface area contributed by atoms with Crippen LogP contribution in [0.25, 0.3) is 0 Å². The summed E-state index contributed by atoms with van der Waals surface area (Å²) in [7, 11) is 0. The van der Waals surface area contributed by atoms with Crippen molar-refractivity contribution in [2.45, 2.75) is 13.3 Å². The molecule has 0 spiro atoms. The van der Waals surface area contributed by atoms with E-state index in [0.717, 1.165) is 0 Å². The van der Waals surface area contributed by atoms with Crippen molar-refractivity contribution < 1.29 is 4.39 Å². The van der Waals surface area contributed by atoms with Gasteiger partial charge in [-0.1, -0.05) is 17.9 Å². The zero-order chi connectivity index (χ0) is 9.68. The molecule has 2 N–H and O–H groups in total. The molecule has 0 aromatic heterocycles. The molecule has 0 aliphatic rings. The molecule has 0 saturated carbocycles. The first-order valence-electron chi connectivity index (χ1n) is 4.19. The van der Waals surface area contributed by atoms with Gasteiger partial charge in [0.2, 0.25) is 0 Å². The van der Waals surface area contributed by atoms with Gasteiger partial charge in [0.1, 0.15) is 5.82 Å². The second-order valence-electron chi connectivity index (χ2n) is 2.80. The van der Waals surface area contributed by atoms with Gasteiger partial charge >= 0.3 is 0 Å². The standard InChI is InChI=1S/C11H12FN/c1-9-5-6-10(8-11(9)12)4-2-3-7-13/h5-6,8H,3,7,13H2,1H3. The fourth-order valence-corrected chi connectivity index (χ4v) is 0.907. The first-order chi connectivity index (χ1) is 6.24. The van der Waals surface area contributed by atoms with Gasteiger partial charge in [-0.3, -0.25) is 0 Å². The van der Waals surface area contributed by atoms with Crippen LogP contribution in [0, 0.1) is 24.6 Å². The minimum Gasteiger partial charge on any atom is -0.330 e. The van der Waals surface area contributed by atoms with Gasteiger partial charge in [0.15, 0.2) is 0 Å². The summed E-state index contributed by atoms with van der Waals surface area (Å²) < 4.78 is 13.0. The average Bonchev–Trinajstić information content (AvgIpc) is 2.12. The van der Waals surface area contributed by atoms with Crippen LogP contribution in [0.1, 0.15) is 17.5 Å². The number of benzene rings is 1. The Morgan fingerprint density at radius 1 is 1.46 bits per heavy atom. The summed E-state index contributed by atoms with van der Waals surface area (Å²) in [4.78, 5) is 0. The highest BCUT2D eigenvalue weighted by Crippen LogP contribution is 2.07. The predicted molar refractivity (Wildman–Crippen MR) is 51.7 cm³/mol. The lowest BCUT2D eigenvalue weighted by Crippen LogP contribution is -1.95. The van der Waals surface area contributed by atoms with Gasteiger partial charge in [-0.25, -0.2) is 4.39 Å². The molecular formula is C11H12FN. The number of aryl methyl sites for hydroxylation is 1. The van der Waals surface area contributed by atoms with E-state index in [1.54, 1.807) is 13.0 Å². The Morgan fingerprint density at radius 3 is 2.85 bits per heavy atom. The Balaban J connectivity index is 2.81. The Hall–Kier alpha value is -1.33. The van der Waals surface area contributed by atoms with Crippen LogP contribution in [-0.4, -0.2) is 6.54 Å². The van der Waals surface area contributed by atoms with Gasteiger partial charge in [-0.2, -0.15) is 0 Å². The molecule has 0 fully saturated rings. The van der Waals surface area contributed by atoms with E-state index in [2.05, 4.69) is 11.8 Å². The molecule has 0 bridgehead atoms. The van der Waals surface area contributed by atoms with Crippen LogP contribution < -0.4 is 5.73 Å². The summed E-state index contributed by atoms with van der Waals surface area (Å²) in [6.45, 7) is 2.27. The summed E-state index contributed by atoms with van der Waals surface area (Å²) in [6.07, 6.45) is 0.648. The molecule has 0 heterocycles. The number of halogens is 1. The second kappa shape index (κ2) is 4.64. The minimum absolute atomic E-state index is 0.209. The van der Waals surface area contributed by atoms with Gasteiger partial charge in [0.05, 0.1) is 0 Å². The topological polar surface area (TPSA) is 26.0 Å². The van der Waals surface area contributed by atoms with Crippen LogP contribution >= 0.6 is 0 Å². The molecule has 1 aromatic rings. The van der Waals surface area contributed by atoms with E-state index in [0.29, 0.717) is 24.1 Å². The van der Waals surface area contributed by atoms with Crippen LogP contribution in [0.2, 0.25) is 0 Å². The Kier molecular flexibility index (Phi) is 3.48. The zero-order valence-electron chi connectivity index (χ0n) is 7.60. The van der Waals surface area contributed by atoms with Crippen LogP contribution in [0.5, 0.6) is 0 Å². The molecule has 1 aromatic carbocycles. The minimum atomic E-state index is -0.209. The van der Waals surface area contributed by atoms with E-state index in [4.69, 9.17) is 5.73 Å². The Labute approximate surface area is 77.8 Å². The maximum atomic E-state index is 13.0. The van der Waals surface area contributed by atoms with Crippen molar-refractivity contribution in [1.82, 2.24) is 0 Å². The molecule has 1 nitrogen and oxygen atoms in total. The number of nitrogens with two attached hydrogens (primary N) is 1. The molecule has 0 radical (unpaired) electrons. The van der Waals surface area contributed by atoms with Crippen molar-refractivity contribution in [3.8, 4) is 11.8 Å². The highest BCUT2D eigenvalue weighted by atomic mass is 19.1. The largest absolute Gasteiger partial charge is 0.330 e. The van der Waals surface area contributed by atoms with Gasteiger partial charge in [0.25, 0.3) is 0 Å². The van der Waals surface area contributed by atoms with Gasteiger partial charge in [-0.05, 0) is 24.6 Å². The van der Waals surface area contributed by atoms with E-state index in [-0.39, 0.29) is 5.82 Å². The fraction of sp³-hybridized carbons (Fsp3) is 0.273. The lowest BCUT2D eigenvalue weighted by Gasteiger charge is -1.95. The molecule has 1 rings (SSSR count). The lowest BCUT2D eigenvalue weighted by atomic mass is 10.1. The monoisotopic (exact) mass is 177 g/mol. The van der Waals surface area contributed by atoms with Gasteiger partial charge < -0.3 is 5.73 Å². The van der Waals surface area contributed by atoms with Crippen LogP contribution in [0.15, 0.2) is 18.2 Å². The van der Waals surface area contributed by atoms with Crippen molar-refractivity contribution in [3.63, 3.8) is 0 Å². The summed E-state index contributed by atoms with van der Waals surface area (Å²) in [6, 6.07) is 4.97. The highest BCUT2D eigenvalue weighted by Gasteiger charge is 1.95. The van der Waals surface area contributed by atoms with Crippen LogP contribution in [0.4, 0.5) is 4.39 Å². The quantitative estimate of drug-likeness (QED) is 0.651. The maximum absolute atomic E-state index is 13.0. The van der Waals surface area contributed by atoms with Crippen molar-refractivity contribution in [2.24, 2.45) is 5.73 Å². The van der Waals surface area contributed by atoms with Crippen molar-refractivity contribution in [3.05, 3.63) is 35.1 Å². The number of hydrogen-bond donors (Lipinski definition) is 1. The maximum Gasteiger partial charge on any atom is 0.127 e. The van der Waals surface area contributed by atoms with E-state index in [1.807, 2.05) is 6.07 Å². The van der Waals surface area contributed by atoms with Gasteiger partial charge in [-0.15, -0.1) is 0 Å². The van der Waals surface area contributed by atoms with Gasteiger partial charge in [0, 0.05) is 18.5 Å². The molecule has 68 valence electrons. The van der Waals surface area contributed by atoms with E-state index >= 15 is 0 Å². The molecular weight excluding hydrogens is 165 g/mol. The van der Waals surface area contributed by atoms with Crippen LogP contribution in [0.3, 0.4) is 0 Å². The molecule has 0 atom stereocenters. The average molecular weight is 177 g/mol. The van der Waals surface area contributed by atoms with Crippen molar-refractivity contribution in [2.75, 3.05) is 6.54 Å². The molecule has 0 unspecified atom stereocenters. The van der Waals surface area contributed by atoms with Crippen molar-refractivity contribution in [1.29, 1.82) is 0 Å². The zero-order valence-corrected chi connectivity index (χ0v) is 7.60. The SMILES string of the molecule is Cc1ccc(C#CCCN)cc1F. The molecule has 13 heavy (non-hydrogen) atoms. The summed E-state index contributed by atoms with van der Waals surface area (Å²) >= 11 is 0. The first kappa shape index (κ1) is 9.76. The van der Waals surface area contributed by atoms with Crippen molar-refractivity contribution >= 4 is 0 Å². The third kappa shape index (κ3) is 2.89. The normalized spacial score (nSPS) is 9.15. The lowest BCUT2D eigenvalue weighted by molar-refractivity contribution is 0.618.